The van der Waals surface area contributed by atoms with E-state index in [4.69, 9.17) is 9.47 Å². The van der Waals surface area contributed by atoms with Crippen molar-refractivity contribution in [3.05, 3.63) is 0 Å². The van der Waals surface area contributed by atoms with Crippen LogP contribution in [0.3, 0.4) is 0 Å². The number of hydrogen-bond acceptors (Lipinski definition) is 6. The molecule has 1 spiro atoms. The third-order valence-electron chi connectivity index (χ3n) is 9.88. The quantitative estimate of drug-likeness (QED) is 0.675. The molecule has 4 aliphatic carbocycles. The van der Waals surface area contributed by atoms with Crippen LogP contribution < -0.4 is 0 Å². The molecule has 0 aromatic heterocycles. The number of rotatable bonds is 3. The summed E-state index contributed by atoms with van der Waals surface area (Å²) in [6, 6.07) is 0. The number of hydrogen-bond donors (Lipinski definition) is 3. The first-order valence-electron chi connectivity index (χ1n) is 11.0. The molecule has 6 heteroatoms. The molecule has 4 saturated carbocycles. The van der Waals surface area contributed by atoms with Crippen LogP contribution in [0.15, 0.2) is 0 Å². The Morgan fingerprint density at radius 2 is 1.89 bits per heavy atom. The van der Waals surface area contributed by atoms with Crippen LogP contribution in [0.25, 0.3) is 0 Å². The molecule has 0 aromatic rings. The van der Waals surface area contributed by atoms with E-state index < -0.39 is 23.4 Å². The average Bonchev–Trinajstić information content (AvgIpc) is 3.13. The Bertz CT molecular complexity index is 682. The maximum absolute atomic E-state index is 12.5. The Morgan fingerprint density at radius 1 is 1.11 bits per heavy atom. The van der Waals surface area contributed by atoms with Crippen molar-refractivity contribution >= 4 is 5.78 Å². The van der Waals surface area contributed by atoms with Gasteiger partial charge in [-0.3, -0.25) is 4.79 Å². The number of aliphatic hydroxyl groups excluding tert-OH is 2. The Hall–Kier alpha value is -0.530. The predicted octanol–water partition coefficient (Wildman–Crippen LogP) is 1.79. The SMILES string of the molecule is CO[C@@H]1O[C@]23CC[C@@]4(O)C[C@@H](O)CC[C@]14[C@@H]2CC[C@]1(C)[C@H](C(=O)CO)CC[C@@H]13. The van der Waals surface area contributed by atoms with Gasteiger partial charge in [-0.1, -0.05) is 6.92 Å². The fraction of sp³-hybridized carbons (Fsp3) is 0.955. The van der Waals surface area contributed by atoms with Crippen LogP contribution in [-0.2, 0) is 14.3 Å². The number of fused-ring (bicyclic) bond motifs is 1. The van der Waals surface area contributed by atoms with E-state index >= 15 is 0 Å². The van der Waals surface area contributed by atoms with E-state index in [1.54, 1.807) is 7.11 Å². The van der Waals surface area contributed by atoms with Gasteiger partial charge in [0.05, 0.1) is 22.7 Å². The van der Waals surface area contributed by atoms with E-state index in [0.717, 1.165) is 38.5 Å². The highest BCUT2D eigenvalue weighted by molar-refractivity contribution is 5.83. The number of carbonyl (C=O) groups excluding carboxylic acids is 1. The van der Waals surface area contributed by atoms with E-state index in [0.29, 0.717) is 19.3 Å². The summed E-state index contributed by atoms with van der Waals surface area (Å²) in [5.74, 6) is 0.293. The van der Waals surface area contributed by atoms with Crippen molar-refractivity contribution in [2.45, 2.75) is 88.3 Å². The summed E-state index contributed by atoms with van der Waals surface area (Å²) in [6.07, 6.45) is 5.79. The largest absolute Gasteiger partial charge is 0.393 e. The molecule has 158 valence electrons. The Morgan fingerprint density at radius 3 is 2.61 bits per heavy atom. The maximum atomic E-state index is 12.5. The first kappa shape index (κ1) is 19.4. The van der Waals surface area contributed by atoms with Gasteiger partial charge in [0.1, 0.15) is 6.61 Å². The Balaban J connectivity index is 1.59. The highest BCUT2D eigenvalue weighted by atomic mass is 16.7. The van der Waals surface area contributed by atoms with Crippen molar-refractivity contribution in [2.75, 3.05) is 13.7 Å². The standard InChI is InChI=1S/C22H34O6/c1-19-7-6-17-21-8-5-13(24)11-20(21,26)9-10-22(17,28-18(21)27-2)16(19)4-3-14(19)15(25)12-23/h13-14,16-18,23-24,26H,3-12H2,1-2H3/t13-,14-,16-,17-,18+,19+,20+,21-,22-/m0/s1. The minimum absolute atomic E-state index is 0.0380. The number of aliphatic hydroxyl groups is 3. The van der Waals surface area contributed by atoms with Gasteiger partial charge < -0.3 is 24.8 Å². The lowest BCUT2D eigenvalue weighted by atomic mass is 9.42. The van der Waals surface area contributed by atoms with E-state index in [1.165, 1.54) is 0 Å². The lowest BCUT2D eigenvalue weighted by molar-refractivity contribution is -0.239. The van der Waals surface area contributed by atoms with Crippen LogP contribution in [0.2, 0.25) is 0 Å². The molecule has 5 fully saturated rings. The molecular formula is C22H34O6. The number of Topliss-reactive ketones (excluding diaryl/α,β-unsaturated/α-hetero) is 1. The molecule has 0 aromatic carbocycles. The molecule has 5 aliphatic rings. The van der Waals surface area contributed by atoms with Gasteiger partial charge in [0, 0.05) is 25.4 Å². The monoisotopic (exact) mass is 394 g/mol. The normalized spacial score (nSPS) is 57.4. The second-order valence-electron chi connectivity index (χ2n) is 10.5. The van der Waals surface area contributed by atoms with Gasteiger partial charge >= 0.3 is 0 Å². The smallest absolute Gasteiger partial charge is 0.166 e. The highest BCUT2D eigenvalue weighted by Crippen LogP contribution is 2.75. The zero-order valence-electron chi connectivity index (χ0n) is 17.0. The topological polar surface area (TPSA) is 96.2 Å². The molecule has 1 heterocycles. The minimum Gasteiger partial charge on any atom is -0.393 e. The van der Waals surface area contributed by atoms with Crippen molar-refractivity contribution in [1.82, 2.24) is 0 Å². The van der Waals surface area contributed by atoms with Gasteiger partial charge in [-0.25, -0.2) is 0 Å². The van der Waals surface area contributed by atoms with E-state index in [9.17, 15) is 20.1 Å². The average molecular weight is 395 g/mol. The molecule has 3 N–H and O–H groups in total. The molecule has 1 saturated heterocycles. The molecule has 28 heavy (non-hydrogen) atoms. The number of carbonyl (C=O) groups is 1. The fourth-order valence-electron chi connectivity index (χ4n) is 8.85. The van der Waals surface area contributed by atoms with Gasteiger partial charge in [0.15, 0.2) is 12.1 Å². The molecular weight excluding hydrogens is 360 g/mol. The second kappa shape index (κ2) is 6.01. The van der Waals surface area contributed by atoms with Crippen molar-refractivity contribution in [3.63, 3.8) is 0 Å². The van der Waals surface area contributed by atoms with Crippen LogP contribution in [0.4, 0.5) is 0 Å². The summed E-state index contributed by atoms with van der Waals surface area (Å²) in [7, 11) is 1.67. The van der Waals surface area contributed by atoms with E-state index in [1.807, 2.05) is 0 Å². The van der Waals surface area contributed by atoms with E-state index in [2.05, 4.69) is 6.92 Å². The van der Waals surface area contributed by atoms with Gasteiger partial charge in [-0.15, -0.1) is 0 Å². The molecule has 0 radical (unpaired) electrons. The highest BCUT2D eigenvalue weighted by Gasteiger charge is 2.79. The second-order valence-corrected chi connectivity index (χ2v) is 10.5. The first-order valence-corrected chi connectivity index (χ1v) is 11.0. The summed E-state index contributed by atoms with van der Waals surface area (Å²) >= 11 is 0. The van der Waals surface area contributed by atoms with Crippen molar-refractivity contribution < 1.29 is 29.6 Å². The summed E-state index contributed by atoms with van der Waals surface area (Å²) in [4.78, 5) is 12.5. The van der Waals surface area contributed by atoms with Gasteiger partial charge in [0.2, 0.25) is 0 Å². The third kappa shape index (κ3) is 2.04. The number of methoxy groups -OCH3 is 1. The van der Waals surface area contributed by atoms with E-state index in [-0.39, 0.29) is 41.2 Å². The molecule has 5 rings (SSSR count). The van der Waals surface area contributed by atoms with Crippen LogP contribution in [0.1, 0.15) is 64.7 Å². The van der Waals surface area contributed by atoms with Crippen molar-refractivity contribution in [1.29, 1.82) is 0 Å². The molecule has 9 atom stereocenters. The van der Waals surface area contributed by atoms with Gasteiger partial charge in [-0.2, -0.15) is 0 Å². The predicted molar refractivity (Wildman–Crippen MR) is 100 cm³/mol. The summed E-state index contributed by atoms with van der Waals surface area (Å²) in [5.41, 5.74) is -1.96. The fourth-order valence-corrected chi connectivity index (χ4v) is 8.85. The minimum atomic E-state index is -0.956. The van der Waals surface area contributed by atoms with Gasteiger partial charge in [0.25, 0.3) is 0 Å². The number of ketones is 1. The Kier molecular flexibility index (Phi) is 4.17. The van der Waals surface area contributed by atoms with Crippen LogP contribution in [-0.4, -0.2) is 58.4 Å². The molecule has 0 unspecified atom stereocenters. The third-order valence-corrected chi connectivity index (χ3v) is 9.88. The molecule has 2 bridgehead atoms. The lowest BCUT2D eigenvalue weighted by Gasteiger charge is -2.63. The maximum Gasteiger partial charge on any atom is 0.166 e. The number of ether oxygens (including phenoxy) is 2. The molecule has 6 nitrogen and oxygen atoms in total. The lowest BCUT2D eigenvalue weighted by Crippen LogP contribution is -2.67. The molecule has 0 amide bonds. The zero-order valence-corrected chi connectivity index (χ0v) is 17.0. The van der Waals surface area contributed by atoms with Crippen LogP contribution in [0.5, 0.6) is 0 Å². The van der Waals surface area contributed by atoms with Crippen molar-refractivity contribution in [3.8, 4) is 0 Å². The van der Waals surface area contributed by atoms with Gasteiger partial charge in [-0.05, 0) is 62.7 Å². The van der Waals surface area contributed by atoms with Crippen molar-refractivity contribution in [2.24, 2.45) is 28.6 Å². The van der Waals surface area contributed by atoms with Crippen LogP contribution in [0, 0.1) is 28.6 Å². The summed E-state index contributed by atoms with van der Waals surface area (Å²) in [5, 5.41) is 31.5. The Labute approximate surface area is 166 Å². The molecule has 1 aliphatic heterocycles. The summed E-state index contributed by atoms with van der Waals surface area (Å²) < 4.78 is 12.7. The van der Waals surface area contributed by atoms with Crippen LogP contribution >= 0.6 is 0 Å². The summed E-state index contributed by atoms with van der Waals surface area (Å²) in [6.45, 7) is 1.84. The zero-order chi connectivity index (χ0) is 19.9. The first-order chi connectivity index (χ1) is 13.3.